The molecule has 0 bridgehead atoms. The van der Waals surface area contributed by atoms with Crippen LogP contribution in [0.5, 0.6) is 0 Å². The van der Waals surface area contributed by atoms with E-state index in [0.717, 1.165) is 5.69 Å². The summed E-state index contributed by atoms with van der Waals surface area (Å²) >= 11 is 1.42. The lowest BCUT2D eigenvalue weighted by Gasteiger charge is -2.06. The van der Waals surface area contributed by atoms with Crippen LogP contribution in [0.15, 0.2) is 54.6 Å². The van der Waals surface area contributed by atoms with Crippen molar-refractivity contribution >= 4 is 23.4 Å². The molecule has 1 N–H and O–H groups in total. The molecule has 3 aromatic rings. The number of aromatic nitrogens is 4. The van der Waals surface area contributed by atoms with Crippen molar-refractivity contribution < 1.29 is 4.79 Å². The highest BCUT2D eigenvalue weighted by Gasteiger charge is 2.10. The highest BCUT2D eigenvalue weighted by Crippen LogP contribution is 2.15. The number of benzene rings is 2. The van der Waals surface area contributed by atoms with Gasteiger partial charge in [-0.1, -0.05) is 24.3 Å². The molecule has 8 heteroatoms. The summed E-state index contributed by atoms with van der Waals surface area (Å²) in [6.45, 7) is 0. The van der Waals surface area contributed by atoms with Gasteiger partial charge >= 0.3 is 0 Å². The first-order chi connectivity index (χ1) is 12.3. The Labute approximate surface area is 148 Å². The standard InChI is InChI=1S/C17H14N6OS/c18-10-13-5-4-6-14(9-13)19-17(24)12-25-11-16-20-21-22-23(16)15-7-2-1-3-8-15/h1-9H,11-12H2,(H,19,24). The van der Waals surface area contributed by atoms with Crippen LogP contribution >= 0.6 is 11.8 Å². The van der Waals surface area contributed by atoms with Gasteiger partial charge in [0.1, 0.15) is 0 Å². The van der Waals surface area contributed by atoms with E-state index in [2.05, 4.69) is 20.8 Å². The topological polar surface area (TPSA) is 96.5 Å². The van der Waals surface area contributed by atoms with Crippen molar-refractivity contribution in [3.8, 4) is 11.8 Å². The fourth-order valence-electron chi connectivity index (χ4n) is 2.16. The Morgan fingerprint density at radius 2 is 2.04 bits per heavy atom. The van der Waals surface area contributed by atoms with E-state index < -0.39 is 0 Å². The molecular formula is C17H14N6OS. The SMILES string of the molecule is N#Cc1cccc(NC(=O)CSCc2nnnn2-c2ccccc2)c1. The van der Waals surface area contributed by atoms with Gasteiger partial charge in [-0.15, -0.1) is 16.9 Å². The number of hydrogen-bond acceptors (Lipinski definition) is 6. The highest BCUT2D eigenvalue weighted by molar-refractivity contribution is 7.99. The summed E-state index contributed by atoms with van der Waals surface area (Å²) in [4.78, 5) is 12.0. The Kier molecular flexibility index (Phi) is 5.39. The second-order valence-corrected chi connectivity index (χ2v) is 6.06. The number of nitriles is 1. The van der Waals surface area contributed by atoms with Crippen LogP contribution in [-0.4, -0.2) is 31.9 Å². The number of thioether (sulfide) groups is 1. The molecule has 3 rings (SSSR count). The van der Waals surface area contributed by atoms with Gasteiger partial charge in [-0.25, -0.2) is 0 Å². The van der Waals surface area contributed by atoms with Crippen LogP contribution in [-0.2, 0) is 10.5 Å². The van der Waals surface area contributed by atoms with E-state index in [1.54, 1.807) is 28.9 Å². The minimum atomic E-state index is -0.140. The molecule has 0 saturated carbocycles. The molecule has 0 saturated heterocycles. The first-order valence-electron chi connectivity index (χ1n) is 7.47. The van der Waals surface area contributed by atoms with Crippen LogP contribution in [0.3, 0.4) is 0 Å². The molecule has 0 spiro atoms. The van der Waals surface area contributed by atoms with Crippen molar-refractivity contribution in [1.82, 2.24) is 20.2 Å². The Bertz CT molecular complexity index is 903. The van der Waals surface area contributed by atoms with Gasteiger partial charge in [0.2, 0.25) is 5.91 Å². The van der Waals surface area contributed by atoms with E-state index in [1.807, 2.05) is 36.4 Å². The zero-order chi connectivity index (χ0) is 17.5. The van der Waals surface area contributed by atoms with Crippen molar-refractivity contribution in [3.05, 3.63) is 66.0 Å². The number of amides is 1. The average molecular weight is 350 g/mol. The Morgan fingerprint density at radius 3 is 2.84 bits per heavy atom. The normalized spacial score (nSPS) is 10.2. The molecule has 0 aliphatic heterocycles. The Morgan fingerprint density at radius 1 is 1.20 bits per heavy atom. The van der Waals surface area contributed by atoms with Gasteiger partial charge in [-0.3, -0.25) is 4.79 Å². The molecule has 0 radical (unpaired) electrons. The number of carbonyl (C=O) groups excluding carboxylic acids is 1. The first kappa shape index (κ1) is 16.7. The van der Waals surface area contributed by atoms with E-state index in [1.165, 1.54) is 11.8 Å². The van der Waals surface area contributed by atoms with Crippen LogP contribution in [0.1, 0.15) is 11.4 Å². The number of anilines is 1. The molecule has 7 nitrogen and oxygen atoms in total. The third kappa shape index (κ3) is 4.43. The van der Waals surface area contributed by atoms with Gasteiger partial charge in [-0.05, 0) is 40.8 Å². The third-order valence-electron chi connectivity index (χ3n) is 3.27. The predicted molar refractivity (Wildman–Crippen MR) is 95.1 cm³/mol. The summed E-state index contributed by atoms with van der Waals surface area (Å²) in [7, 11) is 0. The van der Waals surface area contributed by atoms with Gasteiger partial charge in [0.05, 0.1) is 28.8 Å². The van der Waals surface area contributed by atoms with Crippen molar-refractivity contribution in [2.24, 2.45) is 0 Å². The lowest BCUT2D eigenvalue weighted by molar-refractivity contribution is -0.113. The minimum Gasteiger partial charge on any atom is -0.325 e. The lowest BCUT2D eigenvalue weighted by Crippen LogP contribution is -2.14. The maximum atomic E-state index is 12.0. The Balaban J connectivity index is 1.54. The van der Waals surface area contributed by atoms with E-state index in [-0.39, 0.29) is 11.7 Å². The van der Waals surface area contributed by atoms with Gasteiger partial charge in [0.25, 0.3) is 0 Å². The largest absolute Gasteiger partial charge is 0.325 e. The van der Waals surface area contributed by atoms with Crippen LogP contribution in [0.4, 0.5) is 5.69 Å². The third-order valence-corrected chi connectivity index (χ3v) is 4.20. The number of rotatable bonds is 6. The van der Waals surface area contributed by atoms with Crippen LogP contribution < -0.4 is 5.32 Å². The number of tetrazole rings is 1. The fraction of sp³-hybridized carbons (Fsp3) is 0.118. The predicted octanol–water partition coefficient (Wildman–Crippen LogP) is 2.41. The number of nitrogens with zero attached hydrogens (tertiary/aromatic N) is 5. The molecule has 124 valence electrons. The maximum absolute atomic E-state index is 12.0. The second kappa shape index (κ2) is 8.08. The number of para-hydroxylation sites is 1. The van der Waals surface area contributed by atoms with E-state index in [0.29, 0.717) is 22.8 Å². The van der Waals surface area contributed by atoms with Crippen molar-refractivity contribution in [1.29, 1.82) is 5.26 Å². The van der Waals surface area contributed by atoms with Crippen molar-refractivity contribution in [2.45, 2.75) is 5.75 Å². The lowest BCUT2D eigenvalue weighted by atomic mass is 10.2. The van der Waals surface area contributed by atoms with Gasteiger partial charge in [0, 0.05) is 5.69 Å². The molecule has 1 aromatic heterocycles. The summed E-state index contributed by atoms with van der Waals surface area (Å²) in [6, 6.07) is 18.4. The molecule has 2 aromatic carbocycles. The Hall–Kier alpha value is -3.18. The van der Waals surface area contributed by atoms with E-state index in [9.17, 15) is 4.79 Å². The first-order valence-corrected chi connectivity index (χ1v) is 8.62. The second-order valence-electron chi connectivity index (χ2n) is 5.08. The highest BCUT2D eigenvalue weighted by atomic mass is 32.2. The molecule has 1 amide bonds. The summed E-state index contributed by atoms with van der Waals surface area (Å²) < 4.78 is 1.65. The van der Waals surface area contributed by atoms with Crippen LogP contribution in [0.2, 0.25) is 0 Å². The monoisotopic (exact) mass is 350 g/mol. The summed E-state index contributed by atoms with van der Waals surface area (Å²) in [5.41, 5.74) is 1.99. The molecular weight excluding hydrogens is 336 g/mol. The maximum Gasteiger partial charge on any atom is 0.234 e. The fourth-order valence-corrected chi connectivity index (χ4v) is 2.89. The molecule has 1 heterocycles. The number of hydrogen-bond donors (Lipinski definition) is 1. The smallest absolute Gasteiger partial charge is 0.234 e. The van der Waals surface area contributed by atoms with Gasteiger partial charge in [0.15, 0.2) is 5.82 Å². The van der Waals surface area contributed by atoms with Gasteiger partial charge < -0.3 is 5.32 Å². The number of nitrogens with one attached hydrogen (secondary N) is 1. The molecule has 0 atom stereocenters. The molecule has 25 heavy (non-hydrogen) atoms. The van der Waals surface area contributed by atoms with E-state index >= 15 is 0 Å². The zero-order valence-corrected chi connectivity index (χ0v) is 14.0. The molecule has 0 aliphatic carbocycles. The molecule has 0 fully saturated rings. The molecule has 0 aliphatic rings. The summed E-state index contributed by atoms with van der Waals surface area (Å²) in [5.74, 6) is 1.31. The number of carbonyl (C=O) groups is 1. The average Bonchev–Trinajstić information content (AvgIpc) is 3.11. The van der Waals surface area contributed by atoms with Gasteiger partial charge in [-0.2, -0.15) is 9.94 Å². The quantitative estimate of drug-likeness (QED) is 0.733. The molecule has 0 unspecified atom stereocenters. The minimum absolute atomic E-state index is 0.140. The van der Waals surface area contributed by atoms with Crippen LogP contribution in [0.25, 0.3) is 5.69 Å². The summed E-state index contributed by atoms with van der Waals surface area (Å²) in [5, 5.41) is 23.3. The van der Waals surface area contributed by atoms with Crippen molar-refractivity contribution in [2.75, 3.05) is 11.1 Å². The van der Waals surface area contributed by atoms with Crippen molar-refractivity contribution in [3.63, 3.8) is 0 Å². The summed E-state index contributed by atoms with van der Waals surface area (Å²) in [6.07, 6.45) is 0. The zero-order valence-electron chi connectivity index (χ0n) is 13.2. The van der Waals surface area contributed by atoms with E-state index in [4.69, 9.17) is 5.26 Å². The van der Waals surface area contributed by atoms with Crippen LogP contribution in [0, 0.1) is 11.3 Å².